The number of ketones is 1. The highest BCUT2D eigenvalue weighted by molar-refractivity contribution is 6.23. The van der Waals surface area contributed by atoms with Crippen molar-refractivity contribution in [2.75, 3.05) is 40.3 Å². The number of fused-ring (bicyclic) bond motifs is 1. The first-order chi connectivity index (χ1) is 13.4. The van der Waals surface area contributed by atoms with Crippen LogP contribution in [-0.2, 0) is 9.59 Å². The number of piperidine rings is 1. The molecule has 160 valence electrons. The molecule has 0 aromatic rings. The number of imide groups is 1. The van der Waals surface area contributed by atoms with Gasteiger partial charge in [0.15, 0.2) is 5.78 Å². The van der Waals surface area contributed by atoms with Crippen LogP contribution in [0, 0.1) is 17.3 Å². The van der Waals surface area contributed by atoms with Crippen LogP contribution in [0.4, 0.5) is 4.79 Å². The van der Waals surface area contributed by atoms with Gasteiger partial charge in [-0.2, -0.15) is 0 Å². The number of carbonyl (C=O) groups is 3. The third kappa shape index (κ3) is 4.13. The van der Waals surface area contributed by atoms with E-state index in [9.17, 15) is 14.4 Å². The largest absolute Gasteiger partial charge is 0.333 e. The predicted octanol–water partition coefficient (Wildman–Crippen LogP) is 1.30. The van der Waals surface area contributed by atoms with Crippen molar-refractivity contribution in [3.8, 4) is 0 Å². The zero-order valence-electron chi connectivity index (χ0n) is 18.7. The van der Waals surface area contributed by atoms with Crippen LogP contribution in [0.15, 0.2) is 4.99 Å². The van der Waals surface area contributed by atoms with Crippen molar-refractivity contribution >= 4 is 29.4 Å². The molecule has 3 amide bonds. The number of rotatable bonds is 4. The van der Waals surface area contributed by atoms with E-state index < -0.39 is 17.5 Å². The number of aliphatic imine (C=N–C) groups is 1. The molecule has 0 radical (unpaired) electrons. The number of amides is 3. The molecule has 2 fully saturated rings. The second-order valence-corrected chi connectivity index (χ2v) is 9.97. The summed E-state index contributed by atoms with van der Waals surface area (Å²) in [5, 5.41) is 0. The van der Waals surface area contributed by atoms with E-state index in [-0.39, 0.29) is 18.2 Å². The van der Waals surface area contributed by atoms with Gasteiger partial charge in [0.05, 0.1) is 0 Å². The molecule has 3 unspecified atom stereocenters. The maximum atomic E-state index is 13.0. The van der Waals surface area contributed by atoms with Crippen LogP contribution < -0.4 is 0 Å². The summed E-state index contributed by atoms with van der Waals surface area (Å²) in [7, 11) is 3.11. The fourth-order valence-corrected chi connectivity index (χ4v) is 4.47. The molecule has 3 rings (SSSR count). The van der Waals surface area contributed by atoms with Crippen molar-refractivity contribution in [3.63, 3.8) is 0 Å². The molecule has 3 aliphatic heterocycles. The van der Waals surface area contributed by atoms with Gasteiger partial charge in [-0.25, -0.2) is 9.37 Å². The van der Waals surface area contributed by atoms with Gasteiger partial charge in [-0.3, -0.25) is 24.3 Å². The highest BCUT2D eigenvalue weighted by Crippen LogP contribution is 2.24. The van der Waals surface area contributed by atoms with E-state index >= 15 is 0 Å². The average molecular weight is 405 g/mol. The summed E-state index contributed by atoms with van der Waals surface area (Å²) in [6, 6.07) is -1.11. The van der Waals surface area contributed by atoms with E-state index in [4.69, 9.17) is 4.99 Å². The Balaban J connectivity index is 1.97. The molecular formula is C21H34N5O3+. The summed E-state index contributed by atoms with van der Waals surface area (Å²) < 4.78 is 1.81. The molecule has 0 aromatic heterocycles. The van der Waals surface area contributed by atoms with Crippen molar-refractivity contribution < 1.29 is 19.0 Å². The first-order valence-electron chi connectivity index (χ1n) is 10.4. The van der Waals surface area contributed by atoms with Gasteiger partial charge in [-0.15, -0.1) is 0 Å². The van der Waals surface area contributed by atoms with E-state index in [1.54, 1.807) is 7.05 Å². The first kappa shape index (κ1) is 21.6. The van der Waals surface area contributed by atoms with Crippen molar-refractivity contribution in [1.29, 1.82) is 0 Å². The van der Waals surface area contributed by atoms with E-state index in [1.165, 1.54) is 18.4 Å². The topological polar surface area (TPSA) is 76.3 Å². The minimum Gasteiger partial charge on any atom is -0.295 e. The normalized spacial score (nSPS) is 28.8. The second kappa shape index (κ2) is 7.63. The van der Waals surface area contributed by atoms with Crippen LogP contribution in [0.1, 0.15) is 41.0 Å². The third-order valence-electron chi connectivity index (χ3n) is 6.07. The molecule has 0 aliphatic carbocycles. The maximum Gasteiger partial charge on any atom is 0.333 e. The Kier molecular flexibility index (Phi) is 5.69. The van der Waals surface area contributed by atoms with Crippen LogP contribution in [0.5, 0.6) is 0 Å². The maximum absolute atomic E-state index is 13.0. The molecule has 3 heterocycles. The number of likely N-dealkylation sites (tertiary alicyclic amines) is 1. The van der Waals surface area contributed by atoms with Gasteiger partial charge >= 0.3 is 11.9 Å². The SMILES string of the molecule is CC1CC(C)CN(CC2=[N+](CC(=O)C(C)(C)C)C3C(=O)N(C)C(=O)N(C)C3=N2)C1. The molecular weight excluding hydrogens is 370 g/mol. The Labute approximate surface area is 173 Å². The van der Waals surface area contributed by atoms with Gasteiger partial charge in [0.1, 0.15) is 13.1 Å². The Morgan fingerprint density at radius 3 is 2.24 bits per heavy atom. The molecule has 0 spiro atoms. The molecule has 2 saturated heterocycles. The number of hydrogen-bond acceptors (Lipinski definition) is 5. The highest BCUT2D eigenvalue weighted by atomic mass is 16.2. The summed E-state index contributed by atoms with van der Waals surface area (Å²) in [5.41, 5.74) is -0.520. The van der Waals surface area contributed by atoms with Gasteiger partial charge in [0.25, 0.3) is 17.8 Å². The van der Waals surface area contributed by atoms with Crippen molar-refractivity contribution in [2.45, 2.75) is 47.1 Å². The van der Waals surface area contributed by atoms with Crippen LogP contribution in [-0.4, -0.2) is 95.0 Å². The molecule has 29 heavy (non-hydrogen) atoms. The zero-order valence-corrected chi connectivity index (χ0v) is 18.7. The molecule has 8 nitrogen and oxygen atoms in total. The lowest BCUT2D eigenvalue weighted by Gasteiger charge is -2.34. The summed E-state index contributed by atoms with van der Waals surface area (Å²) in [4.78, 5) is 47.8. The highest BCUT2D eigenvalue weighted by Gasteiger charge is 2.53. The lowest BCUT2D eigenvalue weighted by atomic mass is 9.90. The van der Waals surface area contributed by atoms with E-state index in [0.29, 0.717) is 30.1 Å². The molecule has 3 atom stereocenters. The van der Waals surface area contributed by atoms with Gasteiger partial charge in [-0.05, 0) is 23.2 Å². The average Bonchev–Trinajstić information content (AvgIpc) is 2.94. The van der Waals surface area contributed by atoms with Gasteiger partial charge in [0.2, 0.25) is 0 Å². The Hall–Kier alpha value is -2.09. The lowest BCUT2D eigenvalue weighted by molar-refractivity contribution is -0.525. The van der Waals surface area contributed by atoms with Crippen LogP contribution in [0.25, 0.3) is 0 Å². The van der Waals surface area contributed by atoms with Crippen molar-refractivity contribution in [1.82, 2.24) is 14.7 Å². The van der Waals surface area contributed by atoms with Crippen LogP contribution in [0.3, 0.4) is 0 Å². The van der Waals surface area contributed by atoms with Crippen LogP contribution >= 0.6 is 0 Å². The molecule has 0 N–H and O–H groups in total. The summed E-state index contributed by atoms with van der Waals surface area (Å²) >= 11 is 0. The van der Waals surface area contributed by atoms with Gasteiger partial charge < -0.3 is 0 Å². The monoisotopic (exact) mass is 404 g/mol. The Morgan fingerprint density at radius 1 is 1.10 bits per heavy atom. The Morgan fingerprint density at radius 2 is 1.69 bits per heavy atom. The van der Waals surface area contributed by atoms with E-state index in [2.05, 4.69) is 18.7 Å². The third-order valence-corrected chi connectivity index (χ3v) is 6.07. The van der Waals surface area contributed by atoms with Gasteiger partial charge in [0, 0.05) is 32.6 Å². The summed E-state index contributed by atoms with van der Waals surface area (Å²) in [6.45, 7) is 12.8. The Bertz CT molecular complexity index is 785. The number of amidine groups is 2. The summed E-state index contributed by atoms with van der Waals surface area (Å²) in [5.74, 6) is 2.03. The van der Waals surface area contributed by atoms with E-state index in [0.717, 1.165) is 18.0 Å². The molecule has 0 saturated carbocycles. The second-order valence-electron chi connectivity index (χ2n) is 9.97. The fourth-order valence-electron chi connectivity index (χ4n) is 4.47. The fraction of sp³-hybridized carbons (Fsp3) is 0.762. The number of nitrogens with zero attached hydrogens (tertiary/aromatic N) is 5. The number of urea groups is 1. The molecule has 3 aliphatic rings. The number of Topliss-reactive ketones (excluding diaryl/α,β-unsaturated/α-hetero) is 1. The van der Waals surface area contributed by atoms with E-state index in [1.807, 2.05) is 25.3 Å². The van der Waals surface area contributed by atoms with Crippen molar-refractivity contribution in [3.05, 3.63) is 0 Å². The number of likely N-dealkylation sites (N-methyl/N-ethyl adjacent to an activating group) is 2. The minimum atomic E-state index is -0.719. The quantitative estimate of drug-likeness (QED) is 0.662. The minimum absolute atomic E-state index is 0.0434. The molecule has 8 heteroatoms. The van der Waals surface area contributed by atoms with Crippen molar-refractivity contribution in [2.24, 2.45) is 22.2 Å². The molecule has 0 aromatic carbocycles. The summed E-state index contributed by atoms with van der Waals surface area (Å²) in [6.07, 6.45) is 1.20. The number of carbonyl (C=O) groups excluding carboxylic acids is 3. The zero-order chi connectivity index (χ0) is 21.7. The standard InChI is InChI=1S/C21H34N5O3/c1-13-8-14(2)10-25(9-13)12-16-22-18-17(19(28)24(7)20(29)23(18)6)26(16)11-15(27)21(3,4)5/h13-14,17H,8-12H2,1-7H3/q+1. The van der Waals surface area contributed by atoms with Gasteiger partial charge in [-0.1, -0.05) is 34.6 Å². The van der Waals surface area contributed by atoms with Crippen LogP contribution in [0.2, 0.25) is 0 Å². The number of hydrogen-bond donors (Lipinski definition) is 0. The smallest absolute Gasteiger partial charge is 0.295 e. The predicted molar refractivity (Wildman–Crippen MR) is 111 cm³/mol. The molecule has 0 bridgehead atoms. The first-order valence-corrected chi connectivity index (χ1v) is 10.4. The lowest BCUT2D eigenvalue weighted by Crippen LogP contribution is -2.62.